The van der Waals surface area contributed by atoms with E-state index in [9.17, 15) is 0 Å². The van der Waals surface area contributed by atoms with E-state index in [1.165, 1.54) is 96.3 Å². The van der Waals surface area contributed by atoms with Crippen LogP contribution < -0.4 is 10.6 Å². The molecule has 2 heteroatoms. The van der Waals surface area contributed by atoms with Crippen molar-refractivity contribution in [1.29, 1.82) is 0 Å². The summed E-state index contributed by atoms with van der Waals surface area (Å²) in [6.07, 6.45) is 5.09. The summed E-state index contributed by atoms with van der Waals surface area (Å²) in [7, 11) is 0. The third-order valence-electron chi connectivity index (χ3n) is 11.2. The van der Waals surface area contributed by atoms with Crippen LogP contribution in [0.2, 0.25) is 0 Å². The van der Waals surface area contributed by atoms with Crippen molar-refractivity contribution < 1.29 is 0 Å². The van der Waals surface area contributed by atoms with Gasteiger partial charge in [-0.2, -0.15) is 0 Å². The maximum Gasteiger partial charge on any atom is 0.0540 e. The van der Waals surface area contributed by atoms with Crippen LogP contribution in [0.3, 0.4) is 0 Å². The predicted molar refractivity (Wildman–Crippen MR) is 221 cm³/mol. The molecule has 2 unspecified atom stereocenters. The molecule has 0 aliphatic heterocycles. The quantitative estimate of drug-likeness (QED) is 0.165. The maximum atomic E-state index is 2.57. The molecule has 0 spiro atoms. The molecule has 8 aromatic carbocycles. The summed E-state index contributed by atoms with van der Waals surface area (Å²) in [5, 5.41) is 14.5. The van der Waals surface area contributed by atoms with Gasteiger partial charge in [-0.05, 0) is 97.4 Å². The summed E-state index contributed by atoms with van der Waals surface area (Å²) in [4.78, 5) is 0. The van der Waals surface area contributed by atoms with Crippen molar-refractivity contribution in [3.8, 4) is 16.8 Å². The third-order valence-corrected chi connectivity index (χ3v) is 12.4. The molecule has 0 N–H and O–H groups in total. The zero-order valence-electron chi connectivity index (χ0n) is 28.2. The van der Waals surface area contributed by atoms with Crippen LogP contribution in [0.25, 0.3) is 92.4 Å². The Kier molecular flexibility index (Phi) is 6.23. The van der Waals surface area contributed by atoms with Crippen molar-refractivity contribution in [2.45, 2.75) is 12.8 Å². The summed E-state index contributed by atoms with van der Waals surface area (Å²) in [6.45, 7) is 2.40. The molecule has 10 aromatic rings. The summed E-state index contributed by atoms with van der Waals surface area (Å²) < 4.78 is 5.12. The van der Waals surface area contributed by atoms with E-state index in [1.54, 1.807) is 0 Å². The average Bonchev–Trinajstić information content (AvgIpc) is 3.70. The zero-order chi connectivity index (χ0) is 33.6. The van der Waals surface area contributed by atoms with E-state index in [1.807, 2.05) is 11.3 Å². The lowest BCUT2D eigenvalue weighted by Crippen LogP contribution is -2.34. The SMILES string of the molecule is CC1C=c2c(c3ccccc3n2-c2ccccc2)=CC1c1c2ccccc2c(-c2ccc3sc4cc5ccccc5cc4c3c2)c2ccccc12. The first-order chi connectivity index (χ1) is 25.2. The molecule has 2 atom stereocenters. The van der Waals surface area contributed by atoms with Crippen LogP contribution in [-0.4, -0.2) is 4.57 Å². The van der Waals surface area contributed by atoms with Crippen molar-refractivity contribution in [3.63, 3.8) is 0 Å². The minimum atomic E-state index is 0.216. The van der Waals surface area contributed by atoms with E-state index in [-0.39, 0.29) is 5.92 Å². The minimum Gasteiger partial charge on any atom is -0.310 e. The molecule has 0 fully saturated rings. The number of aromatic nitrogens is 1. The van der Waals surface area contributed by atoms with E-state index in [2.05, 4.69) is 181 Å². The van der Waals surface area contributed by atoms with Crippen LogP contribution in [0.5, 0.6) is 0 Å². The fraction of sp³-hybridized carbons (Fsp3) is 0.0612. The van der Waals surface area contributed by atoms with Gasteiger partial charge in [-0.3, -0.25) is 0 Å². The predicted octanol–water partition coefficient (Wildman–Crippen LogP) is 12.1. The van der Waals surface area contributed by atoms with Crippen LogP contribution in [0.4, 0.5) is 0 Å². The van der Waals surface area contributed by atoms with E-state index in [4.69, 9.17) is 0 Å². The number of benzene rings is 8. The lowest BCUT2D eigenvalue weighted by molar-refractivity contribution is 0.698. The third kappa shape index (κ3) is 4.27. The van der Waals surface area contributed by atoms with Gasteiger partial charge in [0.25, 0.3) is 0 Å². The Morgan fingerprint density at radius 1 is 0.490 bits per heavy atom. The van der Waals surface area contributed by atoms with Gasteiger partial charge in [0.15, 0.2) is 0 Å². The van der Waals surface area contributed by atoms with Crippen LogP contribution in [0.1, 0.15) is 18.4 Å². The van der Waals surface area contributed by atoms with Gasteiger partial charge < -0.3 is 4.57 Å². The second kappa shape index (κ2) is 11.0. The molecule has 11 rings (SSSR count). The van der Waals surface area contributed by atoms with Crippen molar-refractivity contribution >= 4 is 86.9 Å². The Morgan fingerprint density at radius 3 is 1.84 bits per heavy atom. The van der Waals surface area contributed by atoms with Gasteiger partial charge >= 0.3 is 0 Å². The van der Waals surface area contributed by atoms with Gasteiger partial charge in [0.2, 0.25) is 0 Å². The molecule has 1 nitrogen and oxygen atoms in total. The number of thiophene rings is 1. The molecular formula is C49H33NS. The number of rotatable bonds is 3. The Balaban J connectivity index is 1.17. The largest absolute Gasteiger partial charge is 0.310 e. The van der Waals surface area contributed by atoms with Crippen LogP contribution in [-0.2, 0) is 0 Å². The molecule has 2 heterocycles. The molecule has 2 aromatic heterocycles. The molecule has 0 radical (unpaired) electrons. The fourth-order valence-corrected chi connectivity index (χ4v) is 10.1. The lowest BCUT2D eigenvalue weighted by Gasteiger charge is -2.26. The van der Waals surface area contributed by atoms with Crippen molar-refractivity contribution in [2.75, 3.05) is 0 Å². The van der Waals surface area contributed by atoms with Gasteiger partial charge in [0.05, 0.1) is 10.9 Å². The van der Waals surface area contributed by atoms with Gasteiger partial charge in [-0.15, -0.1) is 11.3 Å². The summed E-state index contributed by atoms with van der Waals surface area (Å²) in [5.74, 6) is 0.512. The van der Waals surface area contributed by atoms with Crippen molar-refractivity contribution in [1.82, 2.24) is 4.57 Å². The fourth-order valence-electron chi connectivity index (χ4n) is 8.96. The van der Waals surface area contributed by atoms with Crippen LogP contribution in [0.15, 0.2) is 158 Å². The normalized spacial score (nSPS) is 15.9. The van der Waals surface area contributed by atoms with Gasteiger partial charge in [-0.1, -0.05) is 134 Å². The van der Waals surface area contributed by atoms with E-state index >= 15 is 0 Å². The lowest BCUT2D eigenvalue weighted by atomic mass is 9.77. The Morgan fingerprint density at radius 2 is 1.10 bits per heavy atom. The first kappa shape index (κ1) is 28.8. The van der Waals surface area contributed by atoms with E-state index in [0.717, 1.165) is 0 Å². The van der Waals surface area contributed by atoms with Gasteiger partial charge in [0.1, 0.15) is 0 Å². The molecule has 0 saturated heterocycles. The number of fused-ring (bicyclic) bond motifs is 9. The minimum absolute atomic E-state index is 0.216. The molecule has 0 bridgehead atoms. The first-order valence-corrected chi connectivity index (χ1v) is 18.7. The highest BCUT2D eigenvalue weighted by Gasteiger charge is 2.27. The number of para-hydroxylation sites is 2. The first-order valence-electron chi connectivity index (χ1n) is 17.9. The smallest absolute Gasteiger partial charge is 0.0540 e. The van der Waals surface area contributed by atoms with Gasteiger partial charge in [-0.25, -0.2) is 0 Å². The van der Waals surface area contributed by atoms with E-state index in [0.29, 0.717) is 5.92 Å². The Hall–Kier alpha value is -5.96. The second-order valence-corrected chi connectivity index (χ2v) is 15.2. The molecule has 1 aliphatic rings. The topological polar surface area (TPSA) is 4.93 Å². The molecule has 0 amide bonds. The standard InChI is InChI=1S/C49H33NS/c1-30-25-45-41(35-17-11-12-22-44(35)50(45)34-15-3-2-4-16-34)29-40(30)49-38-20-9-7-18-36(38)48(37-19-8-10-21-39(37)49)33-23-24-46-42(27-33)43-26-31-13-5-6-14-32(31)28-47(43)51-46/h2-30,40H,1H3. The highest BCUT2D eigenvalue weighted by molar-refractivity contribution is 7.25. The highest BCUT2D eigenvalue weighted by Crippen LogP contribution is 2.46. The van der Waals surface area contributed by atoms with Gasteiger partial charge in [0, 0.05) is 42.4 Å². The molecule has 0 saturated carbocycles. The van der Waals surface area contributed by atoms with Crippen molar-refractivity contribution in [2.24, 2.45) is 5.92 Å². The number of hydrogen-bond acceptors (Lipinski definition) is 1. The van der Waals surface area contributed by atoms with Crippen molar-refractivity contribution in [3.05, 3.63) is 174 Å². The summed E-state index contributed by atoms with van der Waals surface area (Å²) >= 11 is 1.90. The summed E-state index contributed by atoms with van der Waals surface area (Å²) in [5.41, 5.74) is 6.47. The van der Waals surface area contributed by atoms with E-state index < -0.39 is 0 Å². The second-order valence-electron chi connectivity index (χ2n) is 14.1. The molecule has 240 valence electrons. The molecule has 51 heavy (non-hydrogen) atoms. The van der Waals surface area contributed by atoms with Crippen LogP contribution >= 0.6 is 11.3 Å². The van der Waals surface area contributed by atoms with Crippen LogP contribution in [0, 0.1) is 5.92 Å². The number of nitrogens with zero attached hydrogens (tertiary/aromatic N) is 1. The maximum absolute atomic E-state index is 2.57. The zero-order valence-corrected chi connectivity index (χ0v) is 29.0. The monoisotopic (exact) mass is 667 g/mol. The molecule has 1 aliphatic carbocycles. The Bertz CT molecular complexity index is 3100. The highest BCUT2D eigenvalue weighted by atomic mass is 32.1. The number of hydrogen-bond donors (Lipinski definition) is 0. The summed E-state index contributed by atoms with van der Waals surface area (Å²) in [6, 6.07) is 58.5. The average molecular weight is 668 g/mol. The Labute approximate surface area is 299 Å². The molecular weight excluding hydrogens is 635 g/mol.